The van der Waals surface area contributed by atoms with Crippen LogP contribution in [0.1, 0.15) is 25.8 Å². The van der Waals surface area contributed by atoms with E-state index in [2.05, 4.69) is 10.4 Å². The van der Waals surface area contributed by atoms with Crippen molar-refractivity contribution >= 4 is 28.9 Å². The van der Waals surface area contributed by atoms with E-state index in [1.165, 1.54) is 18.3 Å². The number of benzene rings is 1. The standard InChI is InChI=1S/C20H21N3O5S/c1-3-14-6-8-15(9-7-14)21-18(25)13(2)27-17(24)10-11-23-20(26)28-19(22-23)16-5-4-12-29-16/h4-9,12-13H,3,10-11H2,1-2H3,(H,21,25). The number of aromatic nitrogens is 2. The minimum absolute atomic E-state index is 0.000634. The van der Waals surface area contributed by atoms with E-state index >= 15 is 0 Å². The van der Waals surface area contributed by atoms with Crippen LogP contribution in [0.2, 0.25) is 0 Å². The third kappa shape index (κ3) is 5.41. The highest BCUT2D eigenvalue weighted by atomic mass is 32.1. The normalized spacial score (nSPS) is 11.8. The summed E-state index contributed by atoms with van der Waals surface area (Å²) >= 11 is 1.39. The van der Waals surface area contributed by atoms with Crippen molar-refractivity contribution in [2.45, 2.75) is 39.3 Å². The summed E-state index contributed by atoms with van der Waals surface area (Å²) in [5, 5.41) is 8.62. The van der Waals surface area contributed by atoms with E-state index in [4.69, 9.17) is 9.15 Å². The number of ether oxygens (including phenoxy) is 1. The summed E-state index contributed by atoms with van der Waals surface area (Å²) in [6.45, 7) is 3.54. The highest BCUT2D eigenvalue weighted by molar-refractivity contribution is 7.13. The van der Waals surface area contributed by atoms with Crippen LogP contribution in [0, 0.1) is 0 Å². The third-order valence-corrected chi connectivity index (χ3v) is 5.03. The predicted octanol–water partition coefficient (Wildman–Crippen LogP) is 3.09. The van der Waals surface area contributed by atoms with Crippen LogP contribution in [-0.4, -0.2) is 27.8 Å². The summed E-state index contributed by atoms with van der Waals surface area (Å²) in [5.74, 6) is -1.48. The molecule has 152 valence electrons. The molecular formula is C20H21N3O5S. The summed E-state index contributed by atoms with van der Waals surface area (Å²) in [5.41, 5.74) is 1.79. The number of aryl methyl sites for hydroxylation is 2. The number of nitrogens with one attached hydrogen (secondary N) is 1. The minimum atomic E-state index is -0.968. The van der Waals surface area contributed by atoms with Gasteiger partial charge in [-0.3, -0.25) is 9.59 Å². The smallest absolute Gasteiger partial charge is 0.437 e. The number of carbonyl (C=O) groups is 2. The van der Waals surface area contributed by atoms with Gasteiger partial charge in [0.1, 0.15) is 0 Å². The fourth-order valence-corrected chi connectivity index (χ4v) is 3.17. The molecule has 8 nitrogen and oxygen atoms in total. The molecule has 0 spiro atoms. The topological polar surface area (TPSA) is 103 Å². The van der Waals surface area contributed by atoms with Gasteiger partial charge in [-0.15, -0.1) is 16.4 Å². The molecule has 1 unspecified atom stereocenters. The fraction of sp³-hybridized carbons (Fsp3) is 0.300. The molecule has 2 aromatic heterocycles. The lowest BCUT2D eigenvalue weighted by Gasteiger charge is -2.13. The van der Waals surface area contributed by atoms with Gasteiger partial charge >= 0.3 is 11.7 Å². The summed E-state index contributed by atoms with van der Waals surface area (Å²) in [4.78, 5) is 36.8. The van der Waals surface area contributed by atoms with E-state index in [-0.39, 0.29) is 18.9 Å². The minimum Gasteiger partial charge on any atom is -0.452 e. The average molecular weight is 415 g/mol. The quantitative estimate of drug-likeness (QED) is 0.567. The Kier molecular flexibility index (Phi) is 6.61. The van der Waals surface area contributed by atoms with Crippen molar-refractivity contribution in [1.29, 1.82) is 0 Å². The van der Waals surface area contributed by atoms with Gasteiger partial charge in [-0.25, -0.2) is 4.79 Å². The number of rotatable bonds is 8. The van der Waals surface area contributed by atoms with Crippen molar-refractivity contribution in [3.63, 3.8) is 0 Å². The molecule has 0 saturated carbocycles. The summed E-state index contributed by atoms with van der Waals surface area (Å²) in [6, 6.07) is 11.0. The van der Waals surface area contributed by atoms with Crippen LogP contribution in [0.15, 0.2) is 51.0 Å². The molecule has 1 N–H and O–H groups in total. The Morgan fingerprint density at radius 1 is 1.28 bits per heavy atom. The SMILES string of the molecule is CCc1ccc(NC(=O)C(C)OC(=O)CCn2nc(-c3cccs3)oc2=O)cc1. The first-order valence-electron chi connectivity index (χ1n) is 9.17. The maximum absolute atomic E-state index is 12.2. The molecule has 0 fully saturated rings. The number of thiophene rings is 1. The average Bonchev–Trinajstić information content (AvgIpc) is 3.36. The van der Waals surface area contributed by atoms with Crippen LogP contribution >= 0.6 is 11.3 Å². The van der Waals surface area contributed by atoms with Crippen molar-refractivity contribution in [1.82, 2.24) is 9.78 Å². The van der Waals surface area contributed by atoms with Crippen LogP contribution in [0.3, 0.4) is 0 Å². The van der Waals surface area contributed by atoms with E-state index in [9.17, 15) is 14.4 Å². The van der Waals surface area contributed by atoms with E-state index in [1.54, 1.807) is 18.2 Å². The zero-order chi connectivity index (χ0) is 20.8. The lowest BCUT2D eigenvalue weighted by atomic mass is 10.1. The number of hydrogen-bond donors (Lipinski definition) is 1. The first kappa shape index (κ1) is 20.5. The number of hydrogen-bond acceptors (Lipinski definition) is 7. The monoisotopic (exact) mass is 415 g/mol. The van der Waals surface area contributed by atoms with E-state index in [0.29, 0.717) is 5.69 Å². The van der Waals surface area contributed by atoms with E-state index < -0.39 is 23.7 Å². The van der Waals surface area contributed by atoms with Gasteiger partial charge in [-0.2, -0.15) is 4.68 Å². The molecule has 1 atom stereocenters. The molecule has 0 saturated heterocycles. The van der Waals surface area contributed by atoms with Crippen molar-refractivity contribution in [2.24, 2.45) is 0 Å². The zero-order valence-corrected chi connectivity index (χ0v) is 16.9. The highest BCUT2D eigenvalue weighted by Crippen LogP contribution is 2.21. The number of carbonyl (C=O) groups excluding carboxylic acids is 2. The van der Waals surface area contributed by atoms with Crippen molar-refractivity contribution in [3.05, 3.63) is 57.9 Å². The Morgan fingerprint density at radius 2 is 2.03 bits per heavy atom. The number of anilines is 1. The molecule has 1 amide bonds. The molecule has 29 heavy (non-hydrogen) atoms. The molecule has 2 heterocycles. The van der Waals surface area contributed by atoms with Crippen LogP contribution < -0.4 is 11.1 Å². The maximum Gasteiger partial charge on any atom is 0.437 e. The van der Waals surface area contributed by atoms with Gasteiger partial charge in [0.15, 0.2) is 6.10 Å². The van der Waals surface area contributed by atoms with Gasteiger partial charge in [0, 0.05) is 5.69 Å². The van der Waals surface area contributed by atoms with Crippen LogP contribution in [0.4, 0.5) is 5.69 Å². The molecule has 9 heteroatoms. The Hall–Kier alpha value is -3.20. The molecule has 0 radical (unpaired) electrons. The molecule has 0 bridgehead atoms. The highest BCUT2D eigenvalue weighted by Gasteiger charge is 2.19. The third-order valence-electron chi connectivity index (χ3n) is 4.17. The molecular weight excluding hydrogens is 394 g/mol. The van der Waals surface area contributed by atoms with Gasteiger partial charge in [0.2, 0.25) is 0 Å². The molecule has 0 aliphatic rings. The molecule has 3 aromatic rings. The second-order valence-corrected chi connectivity index (χ2v) is 7.24. The number of nitrogens with zero attached hydrogens (tertiary/aromatic N) is 2. The second kappa shape index (κ2) is 9.33. The first-order chi connectivity index (χ1) is 14.0. The lowest BCUT2D eigenvalue weighted by molar-refractivity contribution is -0.153. The van der Waals surface area contributed by atoms with Gasteiger partial charge in [0.25, 0.3) is 11.8 Å². The maximum atomic E-state index is 12.2. The van der Waals surface area contributed by atoms with Crippen LogP contribution in [-0.2, 0) is 27.3 Å². The fourth-order valence-electron chi connectivity index (χ4n) is 2.52. The molecule has 3 rings (SSSR count). The van der Waals surface area contributed by atoms with Crippen molar-refractivity contribution in [3.8, 4) is 10.8 Å². The number of amides is 1. The number of esters is 1. The summed E-state index contributed by atoms with van der Waals surface area (Å²) in [6.07, 6.45) is -0.172. The Morgan fingerprint density at radius 3 is 2.69 bits per heavy atom. The Balaban J connectivity index is 1.49. The van der Waals surface area contributed by atoms with Crippen molar-refractivity contribution < 1.29 is 18.7 Å². The second-order valence-electron chi connectivity index (χ2n) is 6.30. The van der Waals surface area contributed by atoms with Gasteiger partial charge < -0.3 is 14.5 Å². The predicted molar refractivity (Wildman–Crippen MR) is 109 cm³/mol. The van der Waals surface area contributed by atoms with Crippen LogP contribution in [0.25, 0.3) is 10.8 Å². The van der Waals surface area contributed by atoms with Crippen LogP contribution in [0.5, 0.6) is 0 Å². The largest absolute Gasteiger partial charge is 0.452 e. The summed E-state index contributed by atoms with van der Waals surface area (Å²) < 4.78 is 11.3. The van der Waals surface area contributed by atoms with E-state index in [1.807, 2.05) is 30.5 Å². The van der Waals surface area contributed by atoms with Gasteiger partial charge in [-0.1, -0.05) is 25.1 Å². The molecule has 1 aromatic carbocycles. The molecule has 0 aliphatic heterocycles. The first-order valence-corrected chi connectivity index (χ1v) is 10.1. The molecule has 0 aliphatic carbocycles. The Labute approximate surface area is 171 Å². The van der Waals surface area contributed by atoms with Gasteiger partial charge in [0.05, 0.1) is 17.8 Å². The van der Waals surface area contributed by atoms with E-state index in [0.717, 1.165) is 21.5 Å². The van der Waals surface area contributed by atoms with Crippen molar-refractivity contribution in [2.75, 3.05) is 5.32 Å². The zero-order valence-electron chi connectivity index (χ0n) is 16.1. The lowest BCUT2D eigenvalue weighted by Crippen LogP contribution is -2.30. The summed E-state index contributed by atoms with van der Waals surface area (Å²) in [7, 11) is 0. The Bertz CT molecular complexity index is 1020. The van der Waals surface area contributed by atoms with Gasteiger partial charge in [-0.05, 0) is 42.5 Å².